The first-order chi connectivity index (χ1) is 16.9. The van der Waals surface area contributed by atoms with Crippen molar-refractivity contribution in [1.29, 1.82) is 0 Å². The molecule has 2 aromatic heterocycles. The quantitative estimate of drug-likeness (QED) is 0.375. The molecule has 0 spiro atoms. The van der Waals surface area contributed by atoms with Crippen LogP contribution < -0.4 is 16.1 Å². The standard InChI is InChI=1S/C28H27N3O4/c1-4-14-29-27(33)24-16-31(15-21-13-12-18(2)35-21)17-25(26(24)32)28(34)30-19(3)22-11-7-9-20-8-5-6-10-23(20)22/h4-13,16-17,19H,1,14-15H2,2-3H3,(H,29,33)(H,30,34). The predicted octanol–water partition coefficient (Wildman–Crippen LogP) is 4.36. The second kappa shape index (κ2) is 10.3. The number of aromatic nitrogens is 1. The van der Waals surface area contributed by atoms with Crippen LogP contribution in [0.1, 0.15) is 50.8 Å². The minimum atomic E-state index is -0.638. The predicted molar refractivity (Wildman–Crippen MR) is 136 cm³/mol. The zero-order chi connectivity index (χ0) is 24.9. The number of hydrogen-bond acceptors (Lipinski definition) is 4. The van der Waals surface area contributed by atoms with Gasteiger partial charge in [0.25, 0.3) is 11.8 Å². The molecule has 0 aliphatic rings. The van der Waals surface area contributed by atoms with Gasteiger partial charge >= 0.3 is 0 Å². The maximum Gasteiger partial charge on any atom is 0.257 e. The molecule has 2 heterocycles. The number of aryl methyl sites for hydroxylation is 1. The topological polar surface area (TPSA) is 93.3 Å². The molecule has 0 bridgehead atoms. The molecule has 7 nitrogen and oxygen atoms in total. The minimum Gasteiger partial charge on any atom is -0.464 e. The number of pyridine rings is 1. The Balaban J connectivity index is 1.68. The van der Waals surface area contributed by atoms with Crippen LogP contribution in [0.3, 0.4) is 0 Å². The number of hydrogen-bond donors (Lipinski definition) is 2. The first-order valence-electron chi connectivity index (χ1n) is 11.3. The summed E-state index contributed by atoms with van der Waals surface area (Å²) in [5, 5.41) is 7.62. The molecule has 4 rings (SSSR count). The lowest BCUT2D eigenvalue weighted by Gasteiger charge is -2.17. The Kier molecular flexibility index (Phi) is 6.96. The lowest BCUT2D eigenvalue weighted by atomic mass is 9.99. The molecule has 35 heavy (non-hydrogen) atoms. The number of rotatable bonds is 8. The van der Waals surface area contributed by atoms with Crippen molar-refractivity contribution in [2.75, 3.05) is 6.54 Å². The van der Waals surface area contributed by atoms with E-state index in [2.05, 4.69) is 17.2 Å². The molecule has 0 aliphatic carbocycles. The highest BCUT2D eigenvalue weighted by Gasteiger charge is 2.21. The van der Waals surface area contributed by atoms with Crippen LogP contribution in [0.25, 0.3) is 10.8 Å². The van der Waals surface area contributed by atoms with Gasteiger partial charge in [-0.25, -0.2) is 0 Å². The molecular weight excluding hydrogens is 442 g/mol. The lowest BCUT2D eigenvalue weighted by Crippen LogP contribution is -2.36. The highest BCUT2D eigenvalue weighted by atomic mass is 16.3. The van der Waals surface area contributed by atoms with Crippen molar-refractivity contribution in [1.82, 2.24) is 15.2 Å². The van der Waals surface area contributed by atoms with Crippen LogP contribution in [0.15, 0.2) is 88.9 Å². The Morgan fingerprint density at radius 2 is 1.74 bits per heavy atom. The van der Waals surface area contributed by atoms with Crippen molar-refractivity contribution in [3.63, 3.8) is 0 Å². The second-order valence-electron chi connectivity index (χ2n) is 8.36. The fourth-order valence-corrected chi connectivity index (χ4v) is 4.04. The largest absolute Gasteiger partial charge is 0.464 e. The van der Waals surface area contributed by atoms with E-state index < -0.39 is 17.2 Å². The molecule has 0 radical (unpaired) electrons. The second-order valence-corrected chi connectivity index (χ2v) is 8.36. The summed E-state index contributed by atoms with van der Waals surface area (Å²) < 4.78 is 7.24. The molecule has 0 saturated carbocycles. The molecule has 1 atom stereocenters. The third-order valence-corrected chi connectivity index (χ3v) is 5.75. The number of nitrogens with zero attached hydrogens (tertiary/aromatic N) is 1. The van der Waals surface area contributed by atoms with Crippen LogP contribution in [0.2, 0.25) is 0 Å². The Morgan fingerprint density at radius 1 is 1.03 bits per heavy atom. The van der Waals surface area contributed by atoms with E-state index in [1.807, 2.05) is 68.4 Å². The molecule has 0 saturated heterocycles. The van der Waals surface area contributed by atoms with Gasteiger partial charge in [-0.05, 0) is 42.3 Å². The van der Waals surface area contributed by atoms with Crippen LogP contribution >= 0.6 is 0 Å². The number of carbonyl (C=O) groups is 2. The summed E-state index contributed by atoms with van der Waals surface area (Å²) >= 11 is 0. The average Bonchev–Trinajstić information content (AvgIpc) is 3.27. The van der Waals surface area contributed by atoms with Crippen molar-refractivity contribution in [2.45, 2.75) is 26.4 Å². The molecule has 0 fully saturated rings. The van der Waals surface area contributed by atoms with E-state index in [1.54, 1.807) is 4.57 Å². The molecule has 0 aliphatic heterocycles. The number of nitrogens with one attached hydrogen (secondary N) is 2. The zero-order valence-corrected chi connectivity index (χ0v) is 19.7. The van der Waals surface area contributed by atoms with E-state index in [9.17, 15) is 14.4 Å². The van der Waals surface area contributed by atoms with Crippen LogP contribution in [0.4, 0.5) is 0 Å². The van der Waals surface area contributed by atoms with Gasteiger partial charge in [0.2, 0.25) is 5.43 Å². The number of fused-ring (bicyclic) bond motifs is 1. The summed E-state index contributed by atoms with van der Waals surface area (Å²) in [5.41, 5.74) is 0.0518. The Morgan fingerprint density at radius 3 is 2.46 bits per heavy atom. The monoisotopic (exact) mass is 469 g/mol. The van der Waals surface area contributed by atoms with Crippen molar-refractivity contribution in [2.24, 2.45) is 0 Å². The molecule has 4 aromatic rings. The first-order valence-corrected chi connectivity index (χ1v) is 11.3. The van der Waals surface area contributed by atoms with E-state index in [1.165, 1.54) is 18.5 Å². The normalized spacial score (nSPS) is 11.7. The third kappa shape index (κ3) is 5.24. The van der Waals surface area contributed by atoms with Gasteiger partial charge in [0, 0.05) is 18.9 Å². The summed E-state index contributed by atoms with van der Waals surface area (Å²) in [7, 11) is 0. The maximum atomic E-state index is 13.3. The minimum absolute atomic E-state index is 0.119. The van der Waals surface area contributed by atoms with Crippen molar-refractivity contribution in [3.05, 3.63) is 118 Å². The number of amides is 2. The summed E-state index contributed by atoms with van der Waals surface area (Å²) in [5.74, 6) is 0.250. The average molecular weight is 470 g/mol. The van der Waals surface area contributed by atoms with Gasteiger partial charge in [-0.2, -0.15) is 0 Å². The van der Waals surface area contributed by atoms with E-state index in [4.69, 9.17) is 4.42 Å². The van der Waals surface area contributed by atoms with Gasteiger partial charge in [-0.3, -0.25) is 14.4 Å². The number of benzene rings is 2. The fraction of sp³-hybridized carbons (Fsp3) is 0.179. The van der Waals surface area contributed by atoms with Crippen molar-refractivity contribution < 1.29 is 14.0 Å². The molecule has 2 aromatic carbocycles. The maximum absolute atomic E-state index is 13.3. The van der Waals surface area contributed by atoms with Crippen molar-refractivity contribution >= 4 is 22.6 Å². The summed E-state index contributed by atoms with van der Waals surface area (Å²) in [6.45, 7) is 7.73. The molecule has 178 valence electrons. The third-order valence-electron chi connectivity index (χ3n) is 5.75. The Hall–Kier alpha value is -4.39. The van der Waals surface area contributed by atoms with Crippen LogP contribution in [0.5, 0.6) is 0 Å². The Labute approximate surface area is 203 Å². The van der Waals surface area contributed by atoms with Gasteiger partial charge in [-0.1, -0.05) is 48.5 Å². The van der Waals surface area contributed by atoms with E-state index >= 15 is 0 Å². The van der Waals surface area contributed by atoms with Gasteiger partial charge < -0.3 is 19.6 Å². The highest BCUT2D eigenvalue weighted by molar-refractivity contribution is 5.99. The van der Waals surface area contributed by atoms with Crippen LogP contribution in [0, 0.1) is 6.92 Å². The number of furan rings is 1. The van der Waals surface area contributed by atoms with Gasteiger partial charge in [0.1, 0.15) is 22.6 Å². The van der Waals surface area contributed by atoms with Crippen LogP contribution in [-0.4, -0.2) is 22.9 Å². The van der Waals surface area contributed by atoms with E-state index in [0.717, 1.165) is 22.1 Å². The fourth-order valence-electron chi connectivity index (χ4n) is 4.04. The molecule has 7 heteroatoms. The highest BCUT2D eigenvalue weighted by Crippen LogP contribution is 2.24. The number of carbonyl (C=O) groups excluding carboxylic acids is 2. The smallest absolute Gasteiger partial charge is 0.257 e. The van der Waals surface area contributed by atoms with Gasteiger partial charge in [-0.15, -0.1) is 6.58 Å². The lowest BCUT2D eigenvalue weighted by molar-refractivity contribution is 0.0938. The van der Waals surface area contributed by atoms with Crippen LogP contribution in [-0.2, 0) is 6.54 Å². The SMILES string of the molecule is C=CCNC(=O)c1cn(Cc2ccc(C)o2)cc(C(=O)NC(C)c2cccc3ccccc23)c1=O. The summed E-state index contributed by atoms with van der Waals surface area (Å²) in [4.78, 5) is 39.1. The zero-order valence-electron chi connectivity index (χ0n) is 19.7. The summed E-state index contributed by atoms with van der Waals surface area (Å²) in [6.07, 6.45) is 4.41. The van der Waals surface area contributed by atoms with E-state index in [-0.39, 0.29) is 30.3 Å². The Bertz CT molecular complexity index is 1460. The molecule has 1 unspecified atom stereocenters. The summed E-state index contributed by atoms with van der Waals surface area (Å²) in [6, 6.07) is 17.1. The van der Waals surface area contributed by atoms with Gasteiger partial charge in [0.15, 0.2) is 0 Å². The molecule has 2 amide bonds. The molecule has 2 N–H and O–H groups in total. The molecular formula is C28H27N3O4. The van der Waals surface area contributed by atoms with E-state index in [0.29, 0.717) is 5.76 Å². The van der Waals surface area contributed by atoms with Gasteiger partial charge in [0.05, 0.1) is 12.6 Å². The van der Waals surface area contributed by atoms with Crippen molar-refractivity contribution in [3.8, 4) is 0 Å². The first kappa shape index (κ1) is 23.8.